The summed E-state index contributed by atoms with van der Waals surface area (Å²) in [5.41, 5.74) is 0. The van der Waals surface area contributed by atoms with Crippen LogP contribution in [-0.4, -0.2) is 23.3 Å². The zero-order valence-electron chi connectivity index (χ0n) is 11.0. The summed E-state index contributed by atoms with van der Waals surface area (Å²) in [6, 6.07) is 0. The topological polar surface area (TPSA) is 37.4 Å². The summed E-state index contributed by atoms with van der Waals surface area (Å²) in [7, 11) is 0. The highest BCUT2D eigenvalue weighted by atomic mass is 16.2. The molecule has 98 valence electrons. The van der Waals surface area contributed by atoms with Gasteiger partial charge < -0.3 is 0 Å². The molecule has 3 heteroatoms. The molecule has 1 heterocycles. The lowest BCUT2D eigenvalue weighted by atomic mass is 10.1. The Morgan fingerprint density at radius 3 is 2.53 bits per heavy atom. The van der Waals surface area contributed by atoms with E-state index in [4.69, 9.17) is 0 Å². The minimum Gasteiger partial charge on any atom is -0.283 e. The number of amides is 2. The minimum absolute atomic E-state index is 0.0345. The predicted octanol–water partition coefficient (Wildman–Crippen LogP) is 3.28. The van der Waals surface area contributed by atoms with Gasteiger partial charge >= 0.3 is 0 Å². The average molecular weight is 239 g/mol. The number of nitrogens with zero attached hydrogens (tertiary/aromatic N) is 1. The van der Waals surface area contributed by atoms with Crippen LogP contribution in [0.25, 0.3) is 0 Å². The Morgan fingerprint density at radius 1 is 1.12 bits per heavy atom. The summed E-state index contributed by atoms with van der Waals surface area (Å²) < 4.78 is 0. The summed E-state index contributed by atoms with van der Waals surface area (Å²) >= 11 is 0. The van der Waals surface area contributed by atoms with Crippen molar-refractivity contribution in [2.75, 3.05) is 6.54 Å². The quantitative estimate of drug-likeness (QED) is 0.639. The van der Waals surface area contributed by atoms with Crippen LogP contribution in [0.15, 0.2) is 0 Å². The Balaban J connectivity index is 2.09. The third kappa shape index (κ3) is 5.33. The van der Waals surface area contributed by atoms with Crippen molar-refractivity contribution >= 4 is 11.8 Å². The molecule has 1 fully saturated rings. The van der Waals surface area contributed by atoms with Crippen LogP contribution < -0.4 is 0 Å². The first-order valence-electron chi connectivity index (χ1n) is 7.09. The van der Waals surface area contributed by atoms with Crippen molar-refractivity contribution in [2.45, 2.75) is 71.1 Å². The van der Waals surface area contributed by atoms with Gasteiger partial charge in [0.25, 0.3) is 0 Å². The second kappa shape index (κ2) is 8.26. The molecule has 0 unspecified atom stereocenters. The largest absolute Gasteiger partial charge is 0.283 e. The third-order valence-electron chi connectivity index (χ3n) is 3.37. The molecule has 0 atom stereocenters. The van der Waals surface area contributed by atoms with Gasteiger partial charge in [-0.15, -0.1) is 0 Å². The van der Waals surface area contributed by atoms with Crippen LogP contribution in [0, 0.1) is 0 Å². The van der Waals surface area contributed by atoms with Crippen LogP contribution in [0.3, 0.4) is 0 Å². The first-order chi connectivity index (χ1) is 8.25. The Kier molecular flexibility index (Phi) is 6.90. The Hall–Kier alpha value is -0.860. The van der Waals surface area contributed by atoms with Crippen molar-refractivity contribution in [3.8, 4) is 0 Å². The predicted molar refractivity (Wildman–Crippen MR) is 68.6 cm³/mol. The summed E-state index contributed by atoms with van der Waals surface area (Å²) in [5, 5.41) is 0. The molecule has 0 aliphatic carbocycles. The number of likely N-dealkylation sites (tertiary alicyclic amines) is 1. The number of carbonyl (C=O) groups is 2. The van der Waals surface area contributed by atoms with E-state index in [-0.39, 0.29) is 11.8 Å². The first-order valence-corrected chi connectivity index (χ1v) is 7.09. The maximum atomic E-state index is 11.8. The smallest absolute Gasteiger partial charge is 0.229 e. The third-order valence-corrected chi connectivity index (χ3v) is 3.37. The average Bonchev–Trinajstić information content (AvgIpc) is 2.34. The highest BCUT2D eigenvalue weighted by Crippen LogP contribution is 2.14. The maximum Gasteiger partial charge on any atom is 0.229 e. The van der Waals surface area contributed by atoms with E-state index in [0.29, 0.717) is 19.4 Å². The summed E-state index contributed by atoms with van der Waals surface area (Å²) in [5.74, 6) is 0.0809. The monoisotopic (exact) mass is 239 g/mol. The number of hydrogen-bond donors (Lipinski definition) is 0. The molecule has 0 aromatic carbocycles. The number of carbonyl (C=O) groups excluding carboxylic acids is 2. The lowest BCUT2D eigenvalue weighted by Crippen LogP contribution is -2.40. The van der Waals surface area contributed by atoms with E-state index in [1.807, 2.05) is 0 Å². The van der Waals surface area contributed by atoms with Gasteiger partial charge in [-0.05, 0) is 19.3 Å². The minimum atomic E-state index is 0.0345. The molecule has 0 aromatic rings. The molecule has 1 aliphatic heterocycles. The lowest BCUT2D eigenvalue weighted by molar-refractivity contribution is -0.146. The molecule has 0 bridgehead atoms. The van der Waals surface area contributed by atoms with Crippen LogP contribution >= 0.6 is 0 Å². The zero-order chi connectivity index (χ0) is 12.5. The molecule has 0 saturated carbocycles. The molecule has 1 aliphatic rings. The molecule has 0 N–H and O–H groups in total. The number of imide groups is 1. The van der Waals surface area contributed by atoms with E-state index < -0.39 is 0 Å². The number of hydrogen-bond acceptors (Lipinski definition) is 2. The second-order valence-electron chi connectivity index (χ2n) is 4.91. The van der Waals surface area contributed by atoms with E-state index in [1.165, 1.54) is 30.6 Å². The van der Waals surface area contributed by atoms with Crippen LogP contribution in [0.5, 0.6) is 0 Å². The van der Waals surface area contributed by atoms with Gasteiger partial charge in [0.15, 0.2) is 0 Å². The molecule has 1 saturated heterocycles. The maximum absolute atomic E-state index is 11.8. The number of rotatable bonds is 7. The standard InChI is InChI=1S/C14H25NO2/c1-2-3-4-5-6-7-10-13(16)15-12-9-8-11-14(15)17/h2-12H2,1H3. The van der Waals surface area contributed by atoms with Crippen molar-refractivity contribution in [2.24, 2.45) is 0 Å². The molecule has 2 amide bonds. The molecule has 3 nitrogen and oxygen atoms in total. The molecule has 0 radical (unpaired) electrons. The molecule has 1 rings (SSSR count). The van der Waals surface area contributed by atoms with Gasteiger partial charge in [-0.2, -0.15) is 0 Å². The molecular formula is C14H25NO2. The van der Waals surface area contributed by atoms with Crippen LogP contribution in [0.2, 0.25) is 0 Å². The van der Waals surface area contributed by atoms with Crippen LogP contribution in [-0.2, 0) is 9.59 Å². The van der Waals surface area contributed by atoms with Gasteiger partial charge in [0.1, 0.15) is 0 Å². The molecule has 0 spiro atoms. The van der Waals surface area contributed by atoms with E-state index >= 15 is 0 Å². The lowest BCUT2D eigenvalue weighted by Gasteiger charge is -2.24. The van der Waals surface area contributed by atoms with Gasteiger partial charge in [0.2, 0.25) is 11.8 Å². The Bertz CT molecular complexity index is 251. The van der Waals surface area contributed by atoms with Crippen LogP contribution in [0.1, 0.15) is 71.1 Å². The number of piperidine rings is 1. The summed E-state index contributed by atoms with van der Waals surface area (Å²) in [4.78, 5) is 24.8. The van der Waals surface area contributed by atoms with E-state index in [1.54, 1.807) is 0 Å². The fraction of sp³-hybridized carbons (Fsp3) is 0.857. The summed E-state index contributed by atoms with van der Waals surface area (Å²) in [6.07, 6.45) is 10.1. The second-order valence-corrected chi connectivity index (χ2v) is 4.91. The fourth-order valence-corrected chi connectivity index (χ4v) is 2.26. The van der Waals surface area contributed by atoms with Gasteiger partial charge in [0, 0.05) is 19.4 Å². The molecule has 0 aromatic heterocycles. The van der Waals surface area contributed by atoms with Crippen molar-refractivity contribution in [3.05, 3.63) is 0 Å². The van der Waals surface area contributed by atoms with E-state index in [9.17, 15) is 9.59 Å². The number of unbranched alkanes of at least 4 members (excludes halogenated alkanes) is 5. The van der Waals surface area contributed by atoms with Crippen LogP contribution in [0.4, 0.5) is 0 Å². The Morgan fingerprint density at radius 2 is 1.82 bits per heavy atom. The van der Waals surface area contributed by atoms with Crippen molar-refractivity contribution < 1.29 is 9.59 Å². The molecular weight excluding hydrogens is 214 g/mol. The van der Waals surface area contributed by atoms with Crippen molar-refractivity contribution in [1.29, 1.82) is 0 Å². The zero-order valence-corrected chi connectivity index (χ0v) is 11.0. The summed E-state index contributed by atoms with van der Waals surface area (Å²) in [6.45, 7) is 2.85. The van der Waals surface area contributed by atoms with E-state index in [2.05, 4.69) is 6.92 Å². The van der Waals surface area contributed by atoms with Gasteiger partial charge in [-0.25, -0.2) is 0 Å². The molecule has 17 heavy (non-hydrogen) atoms. The highest BCUT2D eigenvalue weighted by molar-refractivity contribution is 5.95. The van der Waals surface area contributed by atoms with Gasteiger partial charge in [-0.3, -0.25) is 14.5 Å². The van der Waals surface area contributed by atoms with Crippen molar-refractivity contribution in [3.63, 3.8) is 0 Å². The van der Waals surface area contributed by atoms with Gasteiger partial charge in [-0.1, -0.05) is 39.0 Å². The first kappa shape index (κ1) is 14.2. The van der Waals surface area contributed by atoms with Crippen molar-refractivity contribution in [1.82, 2.24) is 4.90 Å². The highest BCUT2D eigenvalue weighted by Gasteiger charge is 2.23. The van der Waals surface area contributed by atoms with E-state index in [0.717, 1.165) is 25.7 Å². The van der Waals surface area contributed by atoms with Gasteiger partial charge in [0.05, 0.1) is 0 Å². The Labute approximate surface area is 105 Å². The fourth-order valence-electron chi connectivity index (χ4n) is 2.26. The SMILES string of the molecule is CCCCCCCCC(=O)N1CCCCC1=O. The normalized spacial score (nSPS) is 16.3.